The van der Waals surface area contributed by atoms with Gasteiger partial charge in [0.05, 0.1) is 0 Å². The van der Waals surface area contributed by atoms with E-state index in [4.69, 9.17) is 0 Å². The lowest BCUT2D eigenvalue weighted by molar-refractivity contribution is 0.0414. The summed E-state index contributed by atoms with van der Waals surface area (Å²) in [5, 5.41) is 0. The maximum atomic E-state index is 12.7. The number of carbonyl (C=O) groups is 2. The largest absolute Gasteiger partial charge is 0.335 e. The third kappa shape index (κ3) is 4.33. The van der Waals surface area contributed by atoms with Crippen molar-refractivity contribution in [2.45, 2.75) is 13.0 Å². The van der Waals surface area contributed by atoms with Gasteiger partial charge in [0.25, 0.3) is 11.8 Å². The molecule has 3 rings (SSSR count). The first-order valence-electron chi connectivity index (χ1n) is 8.07. The van der Waals surface area contributed by atoms with Crippen molar-refractivity contribution in [2.24, 2.45) is 0 Å². The smallest absolute Gasteiger partial charge is 0.254 e. The number of hydrogen-bond acceptors (Lipinski definition) is 2. The highest BCUT2D eigenvalue weighted by molar-refractivity contribution is 14.1. The molecule has 0 radical (unpaired) electrons. The molecule has 1 aliphatic rings. The summed E-state index contributed by atoms with van der Waals surface area (Å²) in [7, 11) is 0. The summed E-state index contributed by atoms with van der Waals surface area (Å²) in [6.07, 6.45) is 0. The average Bonchev–Trinajstić information content (AvgIpc) is 2.62. The number of nitrogens with zero attached hydrogens (tertiary/aromatic N) is 2. The fraction of sp³-hybridized carbons (Fsp3) is 0.263. The lowest BCUT2D eigenvalue weighted by atomic mass is 10.1. The molecule has 1 aliphatic heterocycles. The van der Waals surface area contributed by atoms with Crippen molar-refractivity contribution in [3.8, 4) is 0 Å². The second-order valence-corrected chi connectivity index (χ2v) is 8.60. The Morgan fingerprint density at radius 1 is 0.840 bits per heavy atom. The normalized spacial score (nSPS) is 17.5. The zero-order valence-electron chi connectivity index (χ0n) is 13.8. The second kappa shape index (κ2) is 8.03. The van der Waals surface area contributed by atoms with Gasteiger partial charge in [-0.1, -0.05) is 0 Å². The van der Waals surface area contributed by atoms with E-state index in [1.807, 2.05) is 65.3 Å². The van der Waals surface area contributed by atoms with Crippen LogP contribution in [0.3, 0.4) is 0 Å². The van der Waals surface area contributed by atoms with E-state index < -0.39 is 0 Å². The lowest BCUT2D eigenvalue weighted by Gasteiger charge is -2.40. The fourth-order valence-corrected chi connectivity index (χ4v) is 3.70. The Labute approximate surface area is 174 Å². The monoisotopic (exact) mass is 560 g/mol. The first-order chi connectivity index (χ1) is 12.0. The zero-order chi connectivity index (χ0) is 18.0. The third-order valence-corrected chi connectivity index (χ3v) is 5.80. The molecule has 130 valence electrons. The first kappa shape index (κ1) is 18.6. The Bertz CT molecular complexity index is 775. The minimum Gasteiger partial charge on any atom is -0.335 e. The van der Waals surface area contributed by atoms with E-state index in [9.17, 15) is 9.59 Å². The van der Waals surface area contributed by atoms with Crippen molar-refractivity contribution in [3.63, 3.8) is 0 Å². The minimum absolute atomic E-state index is 0.00618. The fourth-order valence-electron chi connectivity index (χ4n) is 2.98. The van der Waals surface area contributed by atoms with Gasteiger partial charge in [0.2, 0.25) is 0 Å². The van der Waals surface area contributed by atoms with Crippen LogP contribution in [0.15, 0.2) is 48.5 Å². The van der Waals surface area contributed by atoms with E-state index in [0.717, 1.165) is 7.14 Å². The van der Waals surface area contributed by atoms with Gasteiger partial charge >= 0.3 is 0 Å². The van der Waals surface area contributed by atoms with E-state index in [2.05, 4.69) is 45.2 Å². The molecule has 1 saturated heterocycles. The number of benzene rings is 2. The molecule has 1 heterocycles. The van der Waals surface area contributed by atoms with Crippen LogP contribution >= 0.6 is 45.2 Å². The molecule has 0 aliphatic carbocycles. The van der Waals surface area contributed by atoms with Crippen LogP contribution in [-0.2, 0) is 0 Å². The highest BCUT2D eigenvalue weighted by Crippen LogP contribution is 2.17. The predicted molar refractivity (Wildman–Crippen MR) is 115 cm³/mol. The number of amides is 2. The van der Waals surface area contributed by atoms with Crippen LogP contribution < -0.4 is 0 Å². The molecule has 25 heavy (non-hydrogen) atoms. The van der Waals surface area contributed by atoms with E-state index in [-0.39, 0.29) is 17.9 Å². The third-order valence-electron chi connectivity index (χ3n) is 4.36. The molecular weight excluding hydrogens is 542 g/mol. The Balaban J connectivity index is 1.67. The maximum absolute atomic E-state index is 12.7. The van der Waals surface area contributed by atoms with Crippen molar-refractivity contribution >= 4 is 57.0 Å². The molecule has 0 bridgehead atoms. The molecule has 4 nitrogen and oxygen atoms in total. The molecule has 0 aromatic heterocycles. The zero-order valence-corrected chi connectivity index (χ0v) is 18.1. The van der Waals surface area contributed by atoms with Crippen molar-refractivity contribution in [3.05, 3.63) is 66.8 Å². The molecule has 2 aromatic carbocycles. The molecule has 0 saturated carbocycles. The summed E-state index contributed by atoms with van der Waals surface area (Å²) < 4.78 is 2.21. The van der Waals surface area contributed by atoms with E-state index in [0.29, 0.717) is 30.8 Å². The predicted octanol–water partition coefficient (Wildman–Crippen LogP) is 3.88. The molecule has 0 spiro atoms. The first-order valence-corrected chi connectivity index (χ1v) is 10.2. The minimum atomic E-state index is -0.00618. The number of halogens is 2. The topological polar surface area (TPSA) is 40.6 Å². The summed E-state index contributed by atoms with van der Waals surface area (Å²) in [5.41, 5.74) is 1.40. The summed E-state index contributed by atoms with van der Waals surface area (Å²) >= 11 is 4.45. The number of hydrogen-bond donors (Lipinski definition) is 0. The number of carbonyl (C=O) groups excluding carboxylic acids is 2. The van der Waals surface area contributed by atoms with Crippen molar-refractivity contribution < 1.29 is 9.59 Å². The van der Waals surface area contributed by atoms with Gasteiger partial charge in [-0.05, 0) is 101 Å². The molecule has 6 heteroatoms. The molecule has 2 aromatic rings. The molecule has 2 amide bonds. The Kier molecular flexibility index (Phi) is 5.98. The molecule has 1 fully saturated rings. The van der Waals surface area contributed by atoms with Crippen LogP contribution in [0.1, 0.15) is 27.6 Å². The van der Waals surface area contributed by atoms with Crippen molar-refractivity contribution in [1.29, 1.82) is 0 Å². The Hall–Kier alpha value is -1.16. The van der Waals surface area contributed by atoms with Crippen LogP contribution in [0.5, 0.6) is 0 Å². The Morgan fingerprint density at radius 3 is 1.80 bits per heavy atom. The van der Waals surface area contributed by atoms with Gasteiger partial charge in [0.15, 0.2) is 0 Å². The van der Waals surface area contributed by atoms with Gasteiger partial charge < -0.3 is 9.80 Å². The van der Waals surface area contributed by atoms with Crippen molar-refractivity contribution in [1.82, 2.24) is 9.80 Å². The Morgan fingerprint density at radius 2 is 1.32 bits per heavy atom. The molecular formula is C19H18I2N2O2. The molecule has 0 N–H and O–H groups in total. The van der Waals surface area contributed by atoms with Crippen LogP contribution in [-0.4, -0.2) is 47.3 Å². The summed E-state index contributed by atoms with van der Waals surface area (Å²) in [6, 6.07) is 15.2. The summed E-state index contributed by atoms with van der Waals surface area (Å²) in [6.45, 7) is 3.67. The molecule has 1 atom stereocenters. The van der Waals surface area contributed by atoms with Gasteiger partial charge in [0.1, 0.15) is 0 Å². The maximum Gasteiger partial charge on any atom is 0.254 e. The SMILES string of the molecule is C[C@@H]1CN(C(=O)c2ccc(I)cc2)CCN1C(=O)c1ccc(I)cc1. The van der Waals surface area contributed by atoms with Crippen LogP contribution in [0.2, 0.25) is 0 Å². The summed E-state index contributed by atoms with van der Waals surface area (Å²) in [5.74, 6) is 0.0647. The number of piperazine rings is 1. The lowest BCUT2D eigenvalue weighted by Crippen LogP contribution is -2.55. The van der Waals surface area contributed by atoms with Crippen LogP contribution in [0.4, 0.5) is 0 Å². The summed E-state index contributed by atoms with van der Waals surface area (Å²) in [4.78, 5) is 29.1. The van der Waals surface area contributed by atoms with Gasteiger partial charge in [-0.3, -0.25) is 9.59 Å². The highest BCUT2D eigenvalue weighted by atomic mass is 127. The van der Waals surface area contributed by atoms with Crippen molar-refractivity contribution in [2.75, 3.05) is 19.6 Å². The van der Waals surface area contributed by atoms with E-state index in [1.165, 1.54) is 0 Å². The molecule has 0 unspecified atom stereocenters. The van der Waals surface area contributed by atoms with E-state index >= 15 is 0 Å². The van der Waals surface area contributed by atoms with Gasteiger partial charge in [0, 0.05) is 43.9 Å². The van der Waals surface area contributed by atoms with Gasteiger partial charge in [-0.25, -0.2) is 0 Å². The van der Waals surface area contributed by atoms with Gasteiger partial charge in [-0.2, -0.15) is 0 Å². The number of rotatable bonds is 2. The average molecular weight is 560 g/mol. The second-order valence-electron chi connectivity index (χ2n) is 6.11. The highest BCUT2D eigenvalue weighted by Gasteiger charge is 2.30. The quantitative estimate of drug-likeness (QED) is 0.524. The van der Waals surface area contributed by atoms with Crippen LogP contribution in [0, 0.1) is 7.14 Å². The standard InChI is InChI=1S/C19H18I2N2O2/c1-13-12-22(18(24)14-2-6-16(20)7-3-14)10-11-23(13)19(25)15-4-8-17(21)9-5-15/h2-9,13H,10-12H2,1H3/t13-/m1/s1. The van der Waals surface area contributed by atoms with Crippen LogP contribution in [0.25, 0.3) is 0 Å². The van der Waals surface area contributed by atoms with E-state index in [1.54, 1.807) is 0 Å². The van der Waals surface area contributed by atoms with Gasteiger partial charge in [-0.15, -0.1) is 0 Å².